The highest BCUT2D eigenvalue weighted by Crippen LogP contribution is 2.24. The first-order valence-electron chi connectivity index (χ1n) is 7.92. The van der Waals surface area contributed by atoms with Crippen molar-refractivity contribution in [3.63, 3.8) is 0 Å². The zero-order valence-electron chi connectivity index (χ0n) is 14.2. The van der Waals surface area contributed by atoms with Crippen molar-refractivity contribution in [2.45, 2.75) is 38.8 Å². The Bertz CT molecular complexity index is 279. The molecule has 0 radical (unpaired) electrons. The molecule has 0 bridgehead atoms. The summed E-state index contributed by atoms with van der Waals surface area (Å²) in [6, 6.07) is 2.21. The molecule has 0 aliphatic carbocycles. The van der Waals surface area contributed by atoms with Crippen LogP contribution in [0.1, 0.15) is 26.7 Å². The largest absolute Gasteiger partial charge is 0.427 e. The van der Waals surface area contributed by atoms with Crippen LogP contribution >= 0.6 is 0 Å². The first-order valence-corrected chi connectivity index (χ1v) is 11.9. The molecule has 0 aromatic rings. The molecule has 2 rings (SSSR count). The van der Waals surface area contributed by atoms with E-state index >= 15 is 0 Å². The van der Waals surface area contributed by atoms with Crippen LogP contribution in [-0.2, 0) is 17.7 Å². The molecule has 2 fully saturated rings. The van der Waals surface area contributed by atoms with Crippen molar-refractivity contribution >= 4 is 17.4 Å². The van der Waals surface area contributed by atoms with Crippen LogP contribution in [0.2, 0.25) is 12.1 Å². The standard InChI is InChI=1S/C7H17NO2Si.C6H15NO2Si/c1-3-9-11(10-4-2)7-5-6-8-11;1-7-5-4-6-10(7,8-2)9-3/h8H,3-7H2,1-2H3;4-6H2,1-3H3. The lowest BCUT2D eigenvalue weighted by Gasteiger charge is -2.28. The van der Waals surface area contributed by atoms with E-state index in [1.165, 1.54) is 12.8 Å². The minimum atomic E-state index is -1.88. The molecule has 0 aromatic carbocycles. The van der Waals surface area contributed by atoms with E-state index < -0.39 is 17.4 Å². The van der Waals surface area contributed by atoms with Crippen molar-refractivity contribution in [3.05, 3.63) is 0 Å². The Morgan fingerprint density at radius 2 is 1.62 bits per heavy atom. The van der Waals surface area contributed by atoms with Crippen molar-refractivity contribution in [1.82, 2.24) is 9.55 Å². The molecule has 0 atom stereocenters. The lowest BCUT2D eigenvalue weighted by Crippen LogP contribution is -2.51. The quantitative estimate of drug-likeness (QED) is 0.743. The molecule has 2 aliphatic heterocycles. The summed E-state index contributed by atoms with van der Waals surface area (Å²) >= 11 is 0. The second-order valence-corrected chi connectivity index (χ2v) is 11.7. The van der Waals surface area contributed by atoms with Gasteiger partial charge in [-0.15, -0.1) is 0 Å². The number of hydrogen-bond acceptors (Lipinski definition) is 6. The summed E-state index contributed by atoms with van der Waals surface area (Å²) in [5.41, 5.74) is 0. The van der Waals surface area contributed by atoms with E-state index in [0.717, 1.165) is 38.4 Å². The Hall–Kier alpha value is 0.194. The van der Waals surface area contributed by atoms with E-state index in [4.69, 9.17) is 17.7 Å². The van der Waals surface area contributed by atoms with Gasteiger partial charge in [-0.2, -0.15) is 0 Å². The van der Waals surface area contributed by atoms with Crippen LogP contribution in [0.5, 0.6) is 0 Å². The highest BCUT2D eigenvalue weighted by atomic mass is 28.4. The van der Waals surface area contributed by atoms with Crippen LogP contribution in [0.4, 0.5) is 0 Å². The van der Waals surface area contributed by atoms with Crippen LogP contribution < -0.4 is 4.98 Å². The molecule has 0 saturated carbocycles. The minimum Gasteiger partial charge on any atom is -0.386 e. The summed E-state index contributed by atoms with van der Waals surface area (Å²) < 4.78 is 24.3. The Morgan fingerprint density at radius 1 is 1.00 bits per heavy atom. The molecule has 2 aliphatic rings. The fraction of sp³-hybridized carbons (Fsp3) is 1.00. The number of nitrogens with zero attached hydrogens (tertiary/aromatic N) is 1. The van der Waals surface area contributed by atoms with Crippen molar-refractivity contribution < 1.29 is 17.7 Å². The lowest BCUT2D eigenvalue weighted by atomic mass is 10.5. The predicted molar refractivity (Wildman–Crippen MR) is 88.3 cm³/mol. The second kappa shape index (κ2) is 9.36. The van der Waals surface area contributed by atoms with Gasteiger partial charge in [-0.05, 0) is 46.8 Å². The maximum Gasteiger partial charge on any atom is 0.427 e. The highest BCUT2D eigenvalue weighted by Gasteiger charge is 2.45. The summed E-state index contributed by atoms with van der Waals surface area (Å²) in [5, 5.41) is 0. The fourth-order valence-corrected chi connectivity index (χ4v) is 8.51. The van der Waals surface area contributed by atoms with E-state index in [0.29, 0.717) is 0 Å². The van der Waals surface area contributed by atoms with Gasteiger partial charge in [0.15, 0.2) is 0 Å². The Kier molecular flexibility index (Phi) is 8.58. The van der Waals surface area contributed by atoms with Crippen molar-refractivity contribution in [2.75, 3.05) is 47.6 Å². The average Bonchev–Trinajstić information content (AvgIpc) is 3.08. The van der Waals surface area contributed by atoms with Crippen LogP contribution in [0.15, 0.2) is 0 Å². The topological polar surface area (TPSA) is 52.2 Å². The van der Waals surface area contributed by atoms with Crippen LogP contribution in [-0.4, -0.2) is 69.6 Å². The Balaban J connectivity index is 0.000000211. The molecule has 2 saturated heterocycles. The van der Waals surface area contributed by atoms with Crippen LogP contribution in [0.25, 0.3) is 0 Å². The third-order valence-electron chi connectivity index (χ3n) is 4.04. The summed E-state index contributed by atoms with van der Waals surface area (Å²) in [4.78, 5) is 3.37. The van der Waals surface area contributed by atoms with Gasteiger partial charge in [-0.1, -0.05) is 0 Å². The maximum atomic E-state index is 5.64. The molecule has 6 nitrogen and oxygen atoms in total. The van der Waals surface area contributed by atoms with Gasteiger partial charge in [0, 0.05) is 39.5 Å². The average molecular weight is 337 g/mol. The summed E-state index contributed by atoms with van der Waals surface area (Å²) in [6.45, 7) is 7.75. The smallest absolute Gasteiger partial charge is 0.386 e. The first kappa shape index (κ1) is 19.2. The molecule has 2 heterocycles. The first-order chi connectivity index (χ1) is 10.1. The van der Waals surface area contributed by atoms with Gasteiger partial charge in [0.2, 0.25) is 0 Å². The van der Waals surface area contributed by atoms with Crippen LogP contribution in [0, 0.1) is 0 Å². The van der Waals surface area contributed by atoms with Gasteiger partial charge in [0.25, 0.3) is 0 Å². The van der Waals surface area contributed by atoms with E-state index in [9.17, 15) is 0 Å². The highest BCUT2D eigenvalue weighted by molar-refractivity contribution is 6.65. The molecule has 0 aromatic heterocycles. The minimum absolute atomic E-state index is 0.763. The number of nitrogens with one attached hydrogen (secondary N) is 1. The lowest BCUT2D eigenvalue weighted by molar-refractivity contribution is 0.179. The molecule has 8 heteroatoms. The zero-order chi connectivity index (χ0) is 15.8. The zero-order valence-corrected chi connectivity index (χ0v) is 16.2. The molecule has 0 spiro atoms. The molecule has 0 amide bonds. The van der Waals surface area contributed by atoms with Gasteiger partial charge in [0.05, 0.1) is 0 Å². The number of hydrogen-bond donors (Lipinski definition) is 1. The molecule has 0 unspecified atom stereocenters. The van der Waals surface area contributed by atoms with E-state index in [1.54, 1.807) is 14.2 Å². The third-order valence-corrected chi connectivity index (χ3v) is 11.0. The van der Waals surface area contributed by atoms with Crippen LogP contribution in [0.3, 0.4) is 0 Å². The van der Waals surface area contributed by atoms with Gasteiger partial charge in [-0.3, -0.25) is 9.55 Å². The summed E-state index contributed by atoms with van der Waals surface area (Å²) in [5.74, 6) is 0. The Labute approximate surface area is 131 Å². The molecule has 126 valence electrons. The third kappa shape index (κ3) is 5.10. The second-order valence-electron chi connectivity index (χ2n) is 5.30. The predicted octanol–water partition coefficient (Wildman–Crippen LogP) is 1.55. The monoisotopic (exact) mass is 336 g/mol. The van der Waals surface area contributed by atoms with Crippen molar-refractivity contribution in [2.24, 2.45) is 0 Å². The Morgan fingerprint density at radius 3 is 1.90 bits per heavy atom. The van der Waals surface area contributed by atoms with E-state index in [1.807, 2.05) is 13.8 Å². The normalized spacial score (nSPS) is 23.9. The van der Waals surface area contributed by atoms with Gasteiger partial charge in [-0.25, -0.2) is 0 Å². The van der Waals surface area contributed by atoms with Crippen molar-refractivity contribution in [1.29, 1.82) is 0 Å². The maximum absolute atomic E-state index is 5.64. The number of rotatable bonds is 6. The van der Waals surface area contributed by atoms with E-state index in [2.05, 4.69) is 16.6 Å². The van der Waals surface area contributed by atoms with E-state index in [-0.39, 0.29) is 0 Å². The molecular weight excluding hydrogens is 304 g/mol. The summed E-state index contributed by atoms with van der Waals surface area (Å²) in [6.07, 6.45) is 2.41. The molecule has 1 N–H and O–H groups in total. The SMILES string of the molecule is CCO[Si]1(OCC)CCCN1.CO[Si]1(OC)CCCN1C. The summed E-state index contributed by atoms with van der Waals surface area (Å²) in [7, 11) is 1.84. The van der Waals surface area contributed by atoms with Gasteiger partial charge in [0.1, 0.15) is 0 Å². The van der Waals surface area contributed by atoms with Crippen molar-refractivity contribution in [3.8, 4) is 0 Å². The van der Waals surface area contributed by atoms with Gasteiger partial charge >= 0.3 is 17.4 Å². The fourth-order valence-electron chi connectivity index (χ4n) is 2.94. The molecule has 21 heavy (non-hydrogen) atoms. The van der Waals surface area contributed by atoms with Gasteiger partial charge < -0.3 is 17.7 Å². The molecular formula is C13H32N2O4Si2.